The highest BCUT2D eigenvalue weighted by molar-refractivity contribution is 8.00. The van der Waals surface area contributed by atoms with Gasteiger partial charge in [-0.05, 0) is 34.2 Å². The minimum atomic E-state index is -0.815. The molecule has 0 fully saturated rings. The van der Waals surface area contributed by atoms with Crippen LogP contribution in [0.5, 0.6) is 17.2 Å². The van der Waals surface area contributed by atoms with Crippen LogP contribution in [0.1, 0.15) is 16.1 Å². The number of thioether (sulfide) groups is 1. The zero-order valence-electron chi connectivity index (χ0n) is 22.9. The number of rotatable bonds is 10. The number of aromatic amines is 1. The molecule has 210 valence electrons. The van der Waals surface area contributed by atoms with Gasteiger partial charge in [0.1, 0.15) is 16.8 Å². The molecule has 5 rings (SSSR count). The van der Waals surface area contributed by atoms with Crippen LogP contribution in [0.25, 0.3) is 28.1 Å². The molecule has 11 heteroatoms. The van der Waals surface area contributed by atoms with Gasteiger partial charge in [-0.3, -0.25) is 9.32 Å². The fourth-order valence-corrected chi connectivity index (χ4v) is 5.30. The Balaban J connectivity index is 1.57. The molecule has 10 nitrogen and oxygen atoms in total. The average molecular weight is 582 g/mol. The van der Waals surface area contributed by atoms with E-state index in [1.54, 1.807) is 43.5 Å². The number of aromatic nitrogens is 3. The lowest BCUT2D eigenvalue weighted by molar-refractivity contribution is -0.672. The number of hydrogen-bond acceptors (Lipinski definition) is 9. The summed E-state index contributed by atoms with van der Waals surface area (Å²) in [6.07, 6.45) is 0. The molecule has 1 N–H and O–H groups in total. The van der Waals surface area contributed by atoms with E-state index in [9.17, 15) is 14.9 Å². The molecule has 0 amide bonds. The summed E-state index contributed by atoms with van der Waals surface area (Å²) < 4.78 is 22.6. The number of hydrogen-bond donors (Lipinski definition) is 1. The van der Waals surface area contributed by atoms with Gasteiger partial charge in [-0.25, -0.2) is 9.78 Å². The van der Waals surface area contributed by atoms with E-state index in [1.807, 2.05) is 42.5 Å². The van der Waals surface area contributed by atoms with E-state index in [2.05, 4.69) is 11.3 Å². The van der Waals surface area contributed by atoms with Crippen molar-refractivity contribution in [3.05, 3.63) is 101 Å². The number of carbonyl (C=O) groups excluding carboxylic acids is 1. The highest BCUT2D eigenvalue weighted by Gasteiger charge is 2.31. The second-order valence-electron chi connectivity index (χ2n) is 8.83. The molecule has 3 aromatic carbocycles. The maximum Gasteiger partial charge on any atom is 0.438 e. The van der Waals surface area contributed by atoms with Crippen molar-refractivity contribution < 1.29 is 28.2 Å². The van der Waals surface area contributed by atoms with E-state index >= 15 is 0 Å². The molecule has 0 saturated carbocycles. The third kappa shape index (κ3) is 5.48. The highest BCUT2D eigenvalue weighted by Crippen LogP contribution is 2.42. The Morgan fingerprint density at radius 2 is 1.74 bits per heavy atom. The molecule has 2 heterocycles. The molecule has 0 unspecified atom stereocenters. The molecular weight excluding hydrogens is 556 g/mol. The van der Waals surface area contributed by atoms with Crippen LogP contribution in [-0.2, 0) is 0 Å². The van der Waals surface area contributed by atoms with Crippen LogP contribution in [0.4, 0.5) is 0 Å². The molecule has 2 aromatic heterocycles. The summed E-state index contributed by atoms with van der Waals surface area (Å²) in [7, 11) is 4.61. The number of ether oxygens (including phenoxy) is 3. The van der Waals surface area contributed by atoms with Crippen LogP contribution in [-0.4, -0.2) is 43.1 Å². The van der Waals surface area contributed by atoms with Gasteiger partial charge < -0.3 is 14.2 Å². The fourth-order valence-electron chi connectivity index (χ4n) is 4.43. The molecule has 0 saturated heterocycles. The van der Waals surface area contributed by atoms with Crippen molar-refractivity contribution in [1.82, 2.24) is 10.3 Å². The number of ketones is 1. The van der Waals surface area contributed by atoms with Gasteiger partial charge in [-0.15, -0.1) is 0 Å². The van der Waals surface area contributed by atoms with Crippen LogP contribution >= 0.6 is 11.8 Å². The topological polar surface area (TPSA) is 131 Å². The van der Waals surface area contributed by atoms with Crippen LogP contribution in [0.3, 0.4) is 0 Å². The maximum atomic E-state index is 13.4. The van der Waals surface area contributed by atoms with Crippen molar-refractivity contribution in [2.24, 2.45) is 0 Å². The monoisotopic (exact) mass is 581 g/mol. The third-order valence-corrected chi connectivity index (χ3v) is 7.42. The van der Waals surface area contributed by atoms with E-state index in [1.165, 1.54) is 18.9 Å². The van der Waals surface area contributed by atoms with Gasteiger partial charge in [0.05, 0.1) is 38.3 Å². The number of methoxy groups -OCH3 is 3. The van der Waals surface area contributed by atoms with Crippen molar-refractivity contribution >= 4 is 17.5 Å². The number of carbonyl (C=O) groups is 1. The van der Waals surface area contributed by atoms with E-state index < -0.39 is 11.4 Å². The Bertz CT molecular complexity index is 1840. The first-order valence-electron chi connectivity index (χ1n) is 12.6. The summed E-state index contributed by atoms with van der Waals surface area (Å²) in [6.45, 7) is 0. The van der Waals surface area contributed by atoms with Crippen molar-refractivity contribution in [1.29, 1.82) is 5.26 Å². The quantitative estimate of drug-likeness (QED) is 0.140. The third-order valence-electron chi connectivity index (χ3n) is 6.44. The molecule has 0 atom stereocenters. The highest BCUT2D eigenvalue weighted by atomic mass is 32.2. The standard InChI is InChI=1S/C31H24N4O6S/c1-38-21-14-12-20(13-15-21)35-28(31(37)41-34-35)26(36)18-42-30-24(17-32)23(16-25(33-30)19-8-5-4-6-9-19)22-10-7-11-27(39-2)29(22)40-3/h4-16H,18H2,1-3H3/p+1. The fraction of sp³-hybridized carbons (Fsp3) is 0.129. The first kappa shape index (κ1) is 28.2. The second kappa shape index (κ2) is 12.4. The Morgan fingerprint density at radius 3 is 2.40 bits per heavy atom. The first-order chi connectivity index (χ1) is 20.5. The van der Waals surface area contributed by atoms with Gasteiger partial charge in [-0.1, -0.05) is 54.2 Å². The number of nitrogens with zero attached hydrogens (tertiary/aromatic N) is 3. The number of pyridine rings is 1. The minimum absolute atomic E-state index is 0.187. The molecule has 0 spiro atoms. The van der Waals surface area contributed by atoms with Gasteiger partial charge in [-0.2, -0.15) is 5.26 Å². The summed E-state index contributed by atoms with van der Waals surface area (Å²) in [5.74, 6) is 0.878. The van der Waals surface area contributed by atoms with Crippen molar-refractivity contribution in [3.8, 4) is 51.4 Å². The number of para-hydroxylation sites is 1. The largest absolute Gasteiger partial charge is 0.497 e. The van der Waals surface area contributed by atoms with Gasteiger partial charge in [0.2, 0.25) is 11.5 Å². The van der Waals surface area contributed by atoms with Crippen LogP contribution in [0.15, 0.2) is 93.2 Å². The number of nitriles is 1. The minimum Gasteiger partial charge on any atom is -0.497 e. The van der Waals surface area contributed by atoms with Gasteiger partial charge in [0.15, 0.2) is 11.5 Å². The summed E-state index contributed by atoms with van der Waals surface area (Å²) in [5, 5.41) is 13.1. The predicted molar refractivity (Wildman–Crippen MR) is 155 cm³/mol. The molecule has 42 heavy (non-hydrogen) atoms. The molecule has 0 aliphatic rings. The zero-order valence-corrected chi connectivity index (χ0v) is 23.7. The first-order valence-corrected chi connectivity index (χ1v) is 13.6. The summed E-state index contributed by atoms with van der Waals surface area (Å²) in [4.78, 5) is 30.7. The van der Waals surface area contributed by atoms with E-state index in [0.717, 1.165) is 17.3 Å². The Labute approximate surface area is 245 Å². The zero-order chi connectivity index (χ0) is 29.6. The molecule has 0 aliphatic carbocycles. The second-order valence-corrected chi connectivity index (χ2v) is 9.79. The lowest BCUT2D eigenvalue weighted by atomic mass is 9.98. The molecule has 0 aliphatic heterocycles. The maximum absolute atomic E-state index is 13.4. The smallest absolute Gasteiger partial charge is 0.438 e. The number of nitrogens with one attached hydrogen (secondary N) is 1. The lowest BCUT2D eigenvalue weighted by Gasteiger charge is -2.16. The van der Waals surface area contributed by atoms with Gasteiger partial charge in [0, 0.05) is 28.8 Å². The van der Waals surface area contributed by atoms with Crippen LogP contribution in [0.2, 0.25) is 0 Å². The van der Waals surface area contributed by atoms with Gasteiger partial charge in [0.25, 0.3) is 0 Å². The summed E-state index contributed by atoms with van der Waals surface area (Å²) in [5.41, 5.74) is 2.36. The van der Waals surface area contributed by atoms with E-state index in [0.29, 0.717) is 44.8 Å². The SMILES string of the molecule is COc1ccc(-[n+]2[nH]oc(=O)c2C(=O)CSc2nc(-c3ccccc3)cc(-c3cccc(OC)c3OC)c2C#N)cc1. The van der Waals surface area contributed by atoms with Crippen LogP contribution in [0, 0.1) is 11.3 Å². The van der Waals surface area contributed by atoms with Gasteiger partial charge >= 0.3 is 11.3 Å². The molecule has 0 bridgehead atoms. The summed E-state index contributed by atoms with van der Waals surface area (Å²) in [6, 6.07) is 25.7. The molecule has 5 aromatic rings. The lowest BCUT2D eigenvalue weighted by Crippen LogP contribution is -2.41. The average Bonchev–Trinajstić information content (AvgIpc) is 3.44. The number of benzene rings is 3. The van der Waals surface area contributed by atoms with Crippen molar-refractivity contribution in [2.45, 2.75) is 5.03 Å². The molecular formula is C31H25N4O6S+. The Kier molecular flexibility index (Phi) is 8.36. The normalized spacial score (nSPS) is 10.6. The summed E-state index contributed by atoms with van der Waals surface area (Å²) >= 11 is 1.05. The van der Waals surface area contributed by atoms with E-state index in [-0.39, 0.29) is 17.0 Å². The van der Waals surface area contributed by atoms with Crippen LogP contribution < -0.4 is 24.5 Å². The Hall–Kier alpha value is -5.34. The number of Topliss-reactive ketones (excluding diaryl/α,β-unsaturated/α-hetero) is 1. The number of H-pyrrole nitrogens is 1. The van der Waals surface area contributed by atoms with Crippen molar-refractivity contribution in [2.75, 3.05) is 27.1 Å². The predicted octanol–water partition coefficient (Wildman–Crippen LogP) is 4.85. The Morgan fingerprint density at radius 1 is 0.976 bits per heavy atom. The molecule has 0 radical (unpaired) electrons. The van der Waals surface area contributed by atoms with Crippen molar-refractivity contribution in [3.63, 3.8) is 0 Å². The van der Waals surface area contributed by atoms with E-state index in [4.69, 9.17) is 23.7 Å².